The van der Waals surface area contributed by atoms with Gasteiger partial charge in [-0.05, 0) is 50.5 Å². The maximum atomic E-state index is 12.7. The van der Waals surface area contributed by atoms with Crippen molar-refractivity contribution in [2.45, 2.75) is 45.1 Å². The largest absolute Gasteiger partial charge is 0.376 e. The highest BCUT2D eigenvalue weighted by molar-refractivity contribution is 7.89. The summed E-state index contributed by atoms with van der Waals surface area (Å²) in [6.45, 7) is 7.53. The SMILES string of the molecule is Cc1ccc(NCC(=O)NNC(=O)C(CC(C)C)NS(=O)(=O)c2ccc(C)cc2)cc1. The van der Waals surface area contributed by atoms with Crippen LogP contribution in [0.15, 0.2) is 53.4 Å². The molecule has 2 aromatic carbocycles. The van der Waals surface area contributed by atoms with E-state index in [-0.39, 0.29) is 23.8 Å². The molecule has 0 aliphatic heterocycles. The van der Waals surface area contributed by atoms with E-state index in [0.29, 0.717) is 0 Å². The minimum absolute atomic E-state index is 0.0483. The van der Waals surface area contributed by atoms with Crippen molar-refractivity contribution in [1.29, 1.82) is 0 Å². The Bertz CT molecular complexity index is 987. The third kappa shape index (κ3) is 8.03. The van der Waals surface area contributed by atoms with Gasteiger partial charge in [0.25, 0.3) is 11.8 Å². The van der Waals surface area contributed by atoms with E-state index in [0.717, 1.165) is 16.8 Å². The van der Waals surface area contributed by atoms with E-state index in [1.165, 1.54) is 12.1 Å². The third-order valence-electron chi connectivity index (χ3n) is 4.48. The lowest BCUT2D eigenvalue weighted by atomic mass is 10.0. The van der Waals surface area contributed by atoms with Crippen LogP contribution in [-0.4, -0.2) is 32.8 Å². The van der Waals surface area contributed by atoms with Gasteiger partial charge in [0.1, 0.15) is 6.04 Å². The average molecular weight is 447 g/mol. The normalized spacial score (nSPS) is 12.3. The predicted molar refractivity (Wildman–Crippen MR) is 121 cm³/mol. The number of hydrogen-bond donors (Lipinski definition) is 4. The van der Waals surface area contributed by atoms with E-state index >= 15 is 0 Å². The van der Waals surface area contributed by atoms with Gasteiger partial charge in [-0.3, -0.25) is 20.4 Å². The number of hydrogen-bond acceptors (Lipinski definition) is 5. The standard InChI is InChI=1S/C22H30N4O4S/c1-15(2)13-20(26-31(29,30)19-11-7-17(4)8-12-19)22(28)25-24-21(27)14-23-18-9-5-16(3)6-10-18/h5-12,15,20,23,26H,13-14H2,1-4H3,(H,24,27)(H,25,28). The zero-order valence-corrected chi connectivity index (χ0v) is 19.0. The van der Waals surface area contributed by atoms with E-state index in [2.05, 4.69) is 20.9 Å². The van der Waals surface area contributed by atoms with Crippen molar-refractivity contribution in [3.05, 3.63) is 59.7 Å². The van der Waals surface area contributed by atoms with Crippen LogP contribution < -0.4 is 20.9 Å². The minimum atomic E-state index is -3.89. The van der Waals surface area contributed by atoms with Gasteiger partial charge in [-0.15, -0.1) is 0 Å². The maximum Gasteiger partial charge on any atom is 0.257 e. The Morgan fingerprint density at radius 2 is 1.42 bits per heavy atom. The Kier molecular flexibility index (Phi) is 8.58. The van der Waals surface area contributed by atoms with Crippen LogP contribution in [0.4, 0.5) is 5.69 Å². The molecule has 0 radical (unpaired) electrons. The molecule has 0 spiro atoms. The fourth-order valence-corrected chi connectivity index (χ4v) is 3.98. The molecule has 2 aromatic rings. The molecule has 0 heterocycles. The second-order valence-electron chi connectivity index (χ2n) is 7.87. The van der Waals surface area contributed by atoms with Gasteiger partial charge in [-0.25, -0.2) is 8.42 Å². The van der Waals surface area contributed by atoms with Crippen LogP contribution >= 0.6 is 0 Å². The number of aryl methyl sites for hydroxylation is 2. The molecule has 0 saturated carbocycles. The summed E-state index contributed by atoms with van der Waals surface area (Å²) in [6.07, 6.45) is 0.272. The van der Waals surface area contributed by atoms with Gasteiger partial charge >= 0.3 is 0 Å². The van der Waals surface area contributed by atoms with Crippen molar-refractivity contribution < 1.29 is 18.0 Å². The van der Waals surface area contributed by atoms with Crippen molar-refractivity contribution >= 4 is 27.5 Å². The summed E-state index contributed by atoms with van der Waals surface area (Å²) in [4.78, 5) is 24.7. The molecule has 0 aliphatic carbocycles. The number of carbonyl (C=O) groups excluding carboxylic acids is 2. The molecule has 0 bridgehead atoms. The van der Waals surface area contributed by atoms with Crippen LogP contribution in [0.25, 0.3) is 0 Å². The zero-order chi connectivity index (χ0) is 23.0. The molecule has 1 atom stereocenters. The summed E-state index contributed by atoms with van der Waals surface area (Å²) in [7, 11) is -3.89. The summed E-state index contributed by atoms with van der Waals surface area (Å²) < 4.78 is 27.8. The summed E-state index contributed by atoms with van der Waals surface area (Å²) in [5.74, 6) is -1.04. The predicted octanol–water partition coefficient (Wildman–Crippen LogP) is 2.26. The lowest BCUT2D eigenvalue weighted by Gasteiger charge is -2.20. The topological polar surface area (TPSA) is 116 Å². The van der Waals surface area contributed by atoms with Crippen molar-refractivity contribution in [3.8, 4) is 0 Å². The first-order valence-corrected chi connectivity index (χ1v) is 11.5. The lowest BCUT2D eigenvalue weighted by Crippen LogP contribution is -2.53. The maximum absolute atomic E-state index is 12.7. The molecule has 31 heavy (non-hydrogen) atoms. The third-order valence-corrected chi connectivity index (χ3v) is 5.97. The molecule has 4 N–H and O–H groups in total. The Morgan fingerprint density at radius 3 is 1.97 bits per heavy atom. The van der Waals surface area contributed by atoms with Gasteiger partial charge in [0.05, 0.1) is 11.4 Å². The number of benzene rings is 2. The molecule has 8 nitrogen and oxygen atoms in total. The second-order valence-corrected chi connectivity index (χ2v) is 9.59. The number of amides is 2. The van der Waals surface area contributed by atoms with Gasteiger partial charge in [0, 0.05) is 5.69 Å². The monoisotopic (exact) mass is 446 g/mol. The summed E-state index contributed by atoms with van der Waals surface area (Å²) >= 11 is 0. The molecule has 2 amide bonds. The quantitative estimate of drug-likeness (QED) is 0.441. The van der Waals surface area contributed by atoms with E-state index in [4.69, 9.17) is 0 Å². The van der Waals surface area contributed by atoms with E-state index < -0.39 is 27.9 Å². The smallest absolute Gasteiger partial charge is 0.257 e. The van der Waals surface area contributed by atoms with Crippen LogP contribution in [-0.2, 0) is 19.6 Å². The Balaban J connectivity index is 1.94. The number of nitrogens with one attached hydrogen (secondary N) is 4. The van der Waals surface area contributed by atoms with Crippen molar-refractivity contribution in [3.63, 3.8) is 0 Å². The van der Waals surface area contributed by atoms with Crippen LogP contribution in [0.1, 0.15) is 31.4 Å². The first-order valence-electron chi connectivity index (χ1n) is 10.0. The number of sulfonamides is 1. The lowest BCUT2D eigenvalue weighted by molar-refractivity contribution is -0.129. The van der Waals surface area contributed by atoms with Gasteiger partial charge in [-0.2, -0.15) is 4.72 Å². The van der Waals surface area contributed by atoms with Crippen LogP contribution in [0.2, 0.25) is 0 Å². The summed E-state index contributed by atoms with van der Waals surface area (Å²) in [5.41, 5.74) is 7.43. The van der Waals surface area contributed by atoms with Gasteiger partial charge < -0.3 is 5.32 Å². The highest BCUT2D eigenvalue weighted by atomic mass is 32.2. The second kappa shape index (κ2) is 10.9. The first kappa shape index (κ1) is 24.4. The highest BCUT2D eigenvalue weighted by Crippen LogP contribution is 2.13. The summed E-state index contributed by atoms with van der Waals surface area (Å²) in [5, 5.41) is 2.95. The molecule has 168 valence electrons. The van der Waals surface area contributed by atoms with Crippen LogP contribution in [0, 0.1) is 19.8 Å². The fourth-order valence-electron chi connectivity index (χ4n) is 2.77. The van der Waals surface area contributed by atoms with E-state index in [1.807, 2.05) is 52.0 Å². The number of rotatable bonds is 9. The van der Waals surface area contributed by atoms with Crippen molar-refractivity contribution in [2.24, 2.45) is 5.92 Å². The molecule has 1 unspecified atom stereocenters. The first-order chi connectivity index (χ1) is 14.6. The molecule has 2 rings (SSSR count). The fraction of sp³-hybridized carbons (Fsp3) is 0.364. The number of hydrazine groups is 1. The van der Waals surface area contributed by atoms with Crippen LogP contribution in [0.5, 0.6) is 0 Å². The molecule has 9 heteroatoms. The van der Waals surface area contributed by atoms with E-state index in [9.17, 15) is 18.0 Å². The molecule has 0 aromatic heterocycles. The van der Waals surface area contributed by atoms with Gasteiger partial charge in [0.2, 0.25) is 10.0 Å². The molecule has 0 fully saturated rings. The van der Waals surface area contributed by atoms with Crippen molar-refractivity contribution in [1.82, 2.24) is 15.6 Å². The Labute approximate surface area is 183 Å². The Morgan fingerprint density at radius 1 is 0.871 bits per heavy atom. The molecule has 0 aliphatic rings. The molecule has 0 saturated heterocycles. The molecular formula is C22H30N4O4S. The van der Waals surface area contributed by atoms with Crippen molar-refractivity contribution in [2.75, 3.05) is 11.9 Å². The number of carbonyl (C=O) groups is 2. The zero-order valence-electron chi connectivity index (χ0n) is 18.2. The van der Waals surface area contributed by atoms with Gasteiger partial charge in [0.15, 0.2) is 0 Å². The summed E-state index contributed by atoms with van der Waals surface area (Å²) in [6, 6.07) is 12.8. The Hall–Kier alpha value is -2.91. The van der Waals surface area contributed by atoms with E-state index in [1.54, 1.807) is 12.1 Å². The number of anilines is 1. The average Bonchev–Trinajstić information content (AvgIpc) is 2.71. The minimum Gasteiger partial charge on any atom is -0.376 e. The highest BCUT2D eigenvalue weighted by Gasteiger charge is 2.26. The van der Waals surface area contributed by atoms with Crippen LogP contribution in [0.3, 0.4) is 0 Å². The molecular weight excluding hydrogens is 416 g/mol. The van der Waals surface area contributed by atoms with Gasteiger partial charge in [-0.1, -0.05) is 49.2 Å².